The van der Waals surface area contributed by atoms with Gasteiger partial charge in [0.15, 0.2) is 0 Å². The second-order valence-electron chi connectivity index (χ2n) is 32.1. The van der Waals surface area contributed by atoms with Crippen molar-refractivity contribution < 1.29 is 26.3 Å². The topological polar surface area (TPSA) is 143 Å². The molecule has 14 rings (SSSR count). The Bertz CT molecular complexity index is 3740. The van der Waals surface area contributed by atoms with Crippen molar-refractivity contribution in [1.82, 2.24) is 9.97 Å². The minimum absolute atomic E-state index is 0. The summed E-state index contributed by atoms with van der Waals surface area (Å²) < 4.78 is 15.1. The molecule has 2 aliphatic heterocycles. The van der Waals surface area contributed by atoms with Gasteiger partial charge in [-0.15, -0.1) is 0 Å². The molecule has 4 aromatic rings. The summed E-state index contributed by atoms with van der Waals surface area (Å²) in [6, 6.07) is 18.2. The summed E-state index contributed by atoms with van der Waals surface area (Å²) in [5, 5.41) is 30.9. The van der Waals surface area contributed by atoms with Crippen LogP contribution in [0, 0.1) is 64.6 Å². The number of allylic oxidation sites excluding steroid dienone is 4. The fourth-order valence-corrected chi connectivity index (χ4v) is 19.2. The second-order valence-corrected chi connectivity index (χ2v) is 32.1. The first-order valence-electron chi connectivity index (χ1n) is 38.6. The number of nitriles is 3. The number of ether oxygens (including phenoxy) is 2. The zero-order valence-corrected chi connectivity index (χ0v) is 60.8. The average Bonchev–Trinajstić information content (AvgIpc) is 1.54. The van der Waals surface area contributed by atoms with Crippen LogP contribution in [0.5, 0.6) is 11.5 Å². The van der Waals surface area contributed by atoms with Crippen molar-refractivity contribution in [2.45, 2.75) is 315 Å². The van der Waals surface area contributed by atoms with Gasteiger partial charge >= 0.3 is 16.8 Å². The van der Waals surface area contributed by atoms with Gasteiger partial charge in [-0.05, 0) is 227 Å². The Balaban J connectivity index is 0.000000182. The molecule has 10 heteroatoms. The second kappa shape index (κ2) is 31.0. The summed E-state index contributed by atoms with van der Waals surface area (Å²) in [6.45, 7) is 20.0. The van der Waals surface area contributed by atoms with Gasteiger partial charge in [-0.3, -0.25) is 0 Å². The van der Waals surface area contributed by atoms with E-state index in [2.05, 4.69) is 105 Å². The molecule has 0 saturated heterocycles. The first-order valence-corrected chi connectivity index (χ1v) is 38.6. The van der Waals surface area contributed by atoms with Crippen LogP contribution in [0.1, 0.15) is 381 Å². The van der Waals surface area contributed by atoms with Crippen LogP contribution in [0.3, 0.4) is 0 Å². The van der Waals surface area contributed by atoms with Crippen molar-refractivity contribution in [2.75, 3.05) is 0 Å². The Morgan fingerprint density at radius 3 is 1.30 bits per heavy atom. The van der Waals surface area contributed by atoms with Crippen LogP contribution in [-0.4, -0.2) is 11.4 Å². The maximum Gasteiger partial charge on any atom is 2.00 e. The van der Waals surface area contributed by atoms with Gasteiger partial charge in [0.05, 0.1) is 34.6 Å². The third kappa shape index (κ3) is 14.2. The molecular weight excluding hydrogens is 1220 g/mol. The molecule has 8 aliphatic carbocycles. The van der Waals surface area contributed by atoms with Crippen LogP contribution in [0.25, 0.3) is 11.5 Å². The van der Waals surface area contributed by atoms with E-state index >= 15 is 0 Å². The van der Waals surface area contributed by atoms with Crippen molar-refractivity contribution in [2.24, 2.45) is 33.7 Å². The third-order valence-electron chi connectivity index (χ3n) is 24.5. The molecule has 0 spiro atoms. The summed E-state index contributed by atoms with van der Waals surface area (Å²) in [7, 11) is 0. The summed E-state index contributed by atoms with van der Waals surface area (Å²) in [4.78, 5) is 22.5. The van der Waals surface area contributed by atoms with E-state index < -0.39 is 0 Å². The maximum atomic E-state index is 10.9. The van der Waals surface area contributed by atoms with Gasteiger partial charge in [0, 0.05) is 23.1 Å². The molecule has 0 atom stereocenters. The zero-order chi connectivity index (χ0) is 66.0. The fraction of sp³-hybridized carbons (Fsp3) is 0.616. The van der Waals surface area contributed by atoms with Gasteiger partial charge in [0.1, 0.15) is 40.5 Å². The Labute approximate surface area is 587 Å². The first kappa shape index (κ1) is 69.8. The Hall–Kier alpha value is -6.12. The fourth-order valence-electron chi connectivity index (χ4n) is 19.2. The maximum absolute atomic E-state index is 10.9. The molecule has 2 aromatic carbocycles. The number of rotatable bonds is 18. The molecule has 4 heterocycles. The largest absolute Gasteiger partial charge is 2.00 e. The summed E-state index contributed by atoms with van der Waals surface area (Å²) >= 11 is 0. The number of aromatic nitrogens is 2. The first-order chi connectivity index (χ1) is 46.2. The van der Waals surface area contributed by atoms with E-state index in [0.29, 0.717) is 58.5 Å². The van der Waals surface area contributed by atoms with Gasteiger partial charge in [0.2, 0.25) is 0 Å². The summed E-state index contributed by atoms with van der Waals surface area (Å²) in [6.07, 6.45) is 41.8. The van der Waals surface area contributed by atoms with Crippen LogP contribution in [0.15, 0.2) is 74.5 Å². The molecule has 9 nitrogen and oxygen atoms in total. The number of benzene rings is 2. The van der Waals surface area contributed by atoms with E-state index in [-0.39, 0.29) is 40.5 Å². The van der Waals surface area contributed by atoms with Crippen LogP contribution < -0.4 is 19.4 Å². The van der Waals surface area contributed by atoms with Crippen molar-refractivity contribution in [3.8, 4) is 29.7 Å². The summed E-state index contributed by atoms with van der Waals surface area (Å²) in [5.74, 6) is 7.94. The molecule has 0 amide bonds. The standard InChI is InChI=1S/C43H53N4O.C43H56N3O.Co/c1-26(2)33-21-28(24-44)22-34(27(3)4)42(33)48-43(40-35(29-13-5-6-14-29)23-37(46-40)30-15-7-8-16-30)41-38(31-17-9-10-18-31)36(25-45)39(47-41)32-19-11-12-20-32;1-26(2)34-22-29(25-44)23-35(27(3)4)42(34)47-43(40-36(30-14-6-7-15-30)24-37(45-40)31-16-8-9-17-31)41-38(32-18-10-11-19-32)28(5)39(46-41)33-20-12-13-21-33;/h21-23,26-27,29-32H,5-20H2,1-4H3;22-24,26-27,30-33H,6-21H2,1-5H3;/q2*-1;+2/b43-41+;43-40+;. The molecule has 0 N–H and O–H groups in total. The average molecular weight is 1330 g/mol. The minimum atomic E-state index is 0. The normalized spacial score (nSPS) is 22.2. The number of nitrogens with zero attached hydrogens (tertiary/aromatic N) is 7. The monoisotopic (exact) mass is 1330 g/mol. The van der Waals surface area contributed by atoms with E-state index in [1.165, 1.54) is 219 Å². The molecule has 2 aromatic heterocycles. The van der Waals surface area contributed by atoms with Crippen molar-refractivity contribution in [3.63, 3.8) is 0 Å². The molecule has 96 heavy (non-hydrogen) atoms. The van der Waals surface area contributed by atoms with Crippen LogP contribution in [-0.2, 0) is 16.8 Å². The van der Waals surface area contributed by atoms with Gasteiger partial charge in [0.25, 0.3) is 0 Å². The summed E-state index contributed by atoms with van der Waals surface area (Å²) in [5.41, 5.74) is 22.1. The Kier molecular flexibility index (Phi) is 22.5. The van der Waals surface area contributed by atoms with E-state index in [4.69, 9.17) is 29.4 Å². The van der Waals surface area contributed by atoms with E-state index in [1.54, 1.807) is 0 Å². The molecule has 0 unspecified atom stereocenters. The van der Waals surface area contributed by atoms with Gasteiger partial charge in [-0.25, -0.2) is 9.98 Å². The van der Waals surface area contributed by atoms with E-state index in [1.807, 2.05) is 12.1 Å². The minimum Gasteiger partial charge on any atom is -0.658 e. The SMILES string of the molecule is CC(C)c1cc(C#N)cc(C(C)C)c1O/C(=C1/N=C(C2CCCC2)C(C#N)=C1C1CCCC1)c1[n-]c(C2CCCC2)cc1C1CCCC1.Cc1c(C2CCCC2)[n-]c(/C(Oc2c(C(C)C)cc(C#N)cc2C(C)C)=C2\N=C(C3CCCC3)C=C2C2CCCC2)c1C1CCCC1.[Co+2]. The predicted molar refractivity (Wildman–Crippen MR) is 386 cm³/mol. The van der Waals surface area contributed by atoms with E-state index in [0.717, 1.165) is 111 Å². The van der Waals surface area contributed by atoms with Crippen molar-refractivity contribution in [1.29, 1.82) is 15.8 Å². The predicted octanol–water partition coefficient (Wildman–Crippen LogP) is 23.4. The quantitative estimate of drug-likeness (QED) is 0.0903. The third-order valence-corrected chi connectivity index (χ3v) is 24.5. The van der Waals surface area contributed by atoms with E-state index in [9.17, 15) is 15.8 Å². The Morgan fingerprint density at radius 2 is 0.844 bits per heavy atom. The number of hydrogen-bond donors (Lipinski definition) is 0. The molecule has 1 radical (unpaired) electrons. The molecule has 8 fully saturated rings. The molecular formula is C86H109CoN7O2. The van der Waals surface area contributed by atoms with Gasteiger partial charge < -0.3 is 19.4 Å². The van der Waals surface area contributed by atoms with Crippen LogP contribution in [0.2, 0.25) is 0 Å². The van der Waals surface area contributed by atoms with Crippen molar-refractivity contribution >= 4 is 22.9 Å². The molecule has 509 valence electrons. The molecule has 0 bridgehead atoms. The van der Waals surface area contributed by atoms with Gasteiger partial charge in [-0.1, -0.05) is 192 Å². The van der Waals surface area contributed by atoms with Crippen LogP contribution >= 0.6 is 0 Å². The molecule has 8 saturated carbocycles. The molecule has 10 aliphatic rings. The number of aliphatic imine (C=N–C) groups is 2. The smallest absolute Gasteiger partial charge is 0.658 e. The number of hydrogen-bond acceptors (Lipinski definition) is 7. The zero-order valence-electron chi connectivity index (χ0n) is 59.8. The van der Waals surface area contributed by atoms with Crippen LogP contribution in [0.4, 0.5) is 0 Å². The Morgan fingerprint density at radius 1 is 0.438 bits per heavy atom. The van der Waals surface area contributed by atoms with Gasteiger partial charge in [-0.2, -0.15) is 27.2 Å². The van der Waals surface area contributed by atoms with Crippen molar-refractivity contribution in [3.05, 3.63) is 137 Å².